The van der Waals surface area contributed by atoms with Gasteiger partial charge < -0.3 is 24.1 Å². The Bertz CT molecular complexity index is 2010. The summed E-state index contributed by atoms with van der Waals surface area (Å²) in [4.78, 5) is 22.4. The standard InChI is InChI=1S/C41H37N3O6/c1-47-31-21-17-29(18-22-31)41(28-13-7-4-8-14-28,30-19-23-32(48-2)24-20-30)49-26-37-35(45)25-36(50-37)38-33-15-9-10-16-34(33)42-40(43-38)44-39(46)27-11-5-3-6-12-27/h3-24,35-37,45H,25-26H2,1-2H3,(H,42,43,44,46)/t35-,36+,37+/m0/s1. The molecular weight excluding hydrogens is 630 g/mol. The quantitative estimate of drug-likeness (QED) is 0.141. The third-order valence-corrected chi connectivity index (χ3v) is 9.06. The second-order valence-electron chi connectivity index (χ2n) is 12.1. The highest BCUT2D eigenvalue weighted by Gasteiger charge is 2.42. The summed E-state index contributed by atoms with van der Waals surface area (Å²) in [6, 6.07) is 42.0. The predicted molar refractivity (Wildman–Crippen MR) is 190 cm³/mol. The number of hydrogen-bond donors (Lipinski definition) is 2. The van der Waals surface area contributed by atoms with Crippen LogP contribution in [0.5, 0.6) is 11.5 Å². The molecule has 1 fully saturated rings. The van der Waals surface area contributed by atoms with Crippen LogP contribution in [0.4, 0.5) is 5.95 Å². The fourth-order valence-electron chi connectivity index (χ4n) is 6.50. The van der Waals surface area contributed by atoms with Crippen LogP contribution in [-0.2, 0) is 15.1 Å². The van der Waals surface area contributed by atoms with E-state index in [1.807, 2.05) is 109 Å². The third-order valence-electron chi connectivity index (χ3n) is 9.06. The first-order valence-corrected chi connectivity index (χ1v) is 16.4. The second kappa shape index (κ2) is 14.5. The van der Waals surface area contributed by atoms with Gasteiger partial charge in [0.15, 0.2) is 0 Å². The number of carbonyl (C=O) groups excluding carboxylic acids is 1. The van der Waals surface area contributed by atoms with Crippen LogP contribution in [0.15, 0.2) is 133 Å². The lowest BCUT2D eigenvalue weighted by atomic mass is 9.80. The van der Waals surface area contributed by atoms with Gasteiger partial charge in [-0.1, -0.05) is 91.0 Å². The fraction of sp³-hybridized carbons (Fsp3) is 0.195. The Morgan fingerprint density at radius 2 is 1.32 bits per heavy atom. The van der Waals surface area contributed by atoms with Gasteiger partial charge in [-0.15, -0.1) is 0 Å². The van der Waals surface area contributed by atoms with Crippen molar-refractivity contribution in [3.05, 3.63) is 161 Å². The smallest absolute Gasteiger partial charge is 0.258 e. The molecule has 0 saturated carbocycles. The number of fused-ring (bicyclic) bond motifs is 1. The number of aliphatic hydroxyl groups excluding tert-OH is 1. The number of benzene rings is 5. The normalized spacial score (nSPS) is 17.4. The minimum Gasteiger partial charge on any atom is -0.497 e. The van der Waals surface area contributed by atoms with Crippen LogP contribution in [0.2, 0.25) is 0 Å². The van der Waals surface area contributed by atoms with Crippen LogP contribution in [0.3, 0.4) is 0 Å². The molecule has 0 aliphatic carbocycles. The van der Waals surface area contributed by atoms with E-state index in [1.165, 1.54) is 0 Å². The molecule has 0 bridgehead atoms. The molecule has 1 aromatic heterocycles. The van der Waals surface area contributed by atoms with Crippen molar-refractivity contribution in [3.63, 3.8) is 0 Å². The van der Waals surface area contributed by atoms with Gasteiger partial charge in [0.2, 0.25) is 5.95 Å². The van der Waals surface area contributed by atoms with Crippen molar-refractivity contribution in [2.45, 2.75) is 30.3 Å². The molecule has 2 N–H and O–H groups in total. The van der Waals surface area contributed by atoms with Gasteiger partial charge in [0.1, 0.15) is 29.3 Å². The van der Waals surface area contributed by atoms with Crippen molar-refractivity contribution in [3.8, 4) is 11.5 Å². The maximum Gasteiger partial charge on any atom is 0.258 e. The lowest BCUT2D eigenvalue weighted by Crippen LogP contribution is -2.38. The fourth-order valence-corrected chi connectivity index (χ4v) is 6.50. The molecule has 2 heterocycles. The Morgan fingerprint density at radius 3 is 1.94 bits per heavy atom. The number of carbonyl (C=O) groups is 1. The zero-order valence-electron chi connectivity index (χ0n) is 27.7. The van der Waals surface area contributed by atoms with Crippen molar-refractivity contribution in [2.75, 3.05) is 26.1 Å². The topological polar surface area (TPSA) is 112 Å². The molecule has 1 aliphatic heterocycles. The summed E-state index contributed by atoms with van der Waals surface area (Å²) < 4.78 is 24.5. The average molecular weight is 668 g/mol. The Hall–Kier alpha value is -5.61. The number of ether oxygens (including phenoxy) is 4. The van der Waals surface area contributed by atoms with E-state index in [-0.39, 0.29) is 24.9 Å². The van der Waals surface area contributed by atoms with Gasteiger partial charge in [0.25, 0.3) is 5.91 Å². The lowest BCUT2D eigenvalue weighted by Gasteiger charge is -2.37. The van der Waals surface area contributed by atoms with E-state index in [9.17, 15) is 9.90 Å². The maximum atomic E-state index is 13.0. The Morgan fingerprint density at radius 1 is 0.760 bits per heavy atom. The van der Waals surface area contributed by atoms with E-state index < -0.39 is 23.9 Å². The number of methoxy groups -OCH3 is 2. The number of aromatic nitrogens is 2. The van der Waals surface area contributed by atoms with Gasteiger partial charge in [0.05, 0.1) is 38.1 Å². The summed E-state index contributed by atoms with van der Waals surface area (Å²) in [5, 5.41) is 15.1. The number of anilines is 1. The molecule has 9 nitrogen and oxygen atoms in total. The minimum absolute atomic E-state index is 0.0607. The molecule has 1 amide bonds. The van der Waals surface area contributed by atoms with Crippen molar-refractivity contribution >= 4 is 22.8 Å². The second-order valence-corrected chi connectivity index (χ2v) is 12.1. The molecule has 50 heavy (non-hydrogen) atoms. The van der Waals surface area contributed by atoms with Gasteiger partial charge in [-0.2, -0.15) is 0 Å². The summed E-state index contributed by atoms with van der Waals surface area (Å²) in [6.07, 6.45) is -1.83. The highest BCUT2D eigenvalue weighted by molar-refractivity contribution is 6.03. The van der Waals surface area contributed by atoms with E-state index >= 15 is 0 Å². The zero-order chi connectivity index (χ0) is 34.5. The summed E-state index contributed by atoms with van der Waals surface area (Å²) in [6.45, 7) is 0.0607. The van der Waals surface area contributed by atoms with Crippen LogP contribution >= 0.6 is 0 Å². The minimum atomic E-state index is -1.07. The van der Waals surface area contributed by atoms with E-state index in [0.29, 0.717) is 16.8 Å². The van der Waals surface area contributed by atoms with Crippen molar-refractivity contribution in [1.82, 2.24) is 9.97 Å². The Labute approximate surface area is 290 Å². The molecule has 6 aromatic rings. The monoisotopic (exact) mass is 667 g/mol. The molecule has 1 saturated heterocycles. The van der Waals surface area contributed by atoms with Crippen LogP contribution in [0, 0.1) is 0 Å². The summed E-state index contributed by atoms with van der Waals surface area (Å²) in [5.41, 5.74) is 3.31. The summed E-state index contributed by atoms with van der Waals surface area (Å²) in [7, 11) is 3.27. The van der Waals surface area contributed by atoms with Crippen molar-refractivity contribution in [2.24, 2.45) is 0 Å². The first-order chi connectivity index (χ1) is 24.5. The molecule has 0 radical (unpaired) electrons. The van der Waals surface area contributed by atoms with E-state index in [4.69, 9.17) is 23.9 Å². The molecule has 9 heteroatoms. The predicted octanol–water partition coefficient (Wildman–Crippen LogP) is 7.10. The largest absolute Gasteiger partial charge is 0.497 e. The molecular formula is C41H37N3O6. The highest BCUT2D eigenvalue weighted by atomic mass is 16.6. The van der Waals surface area contributed by atoms with E-state index in [2.05, 4.69) is 10.3 Å². The maximum absolute atomic E-state index is 13.0. The molecule has 3 atom stereocenters. The van der Waals surface area contributed by atoms with Crippen LogP contribution < -0.4 is 14.8 Å². The molecule has 0 unspecified atom stereocenters. The van der Waals surface area contributed by atoms with Crippen LogP contribution in [0.25, 0.3) is 10.9 Å². The third kappa shape index (κ3) is 6.54. The number of para-hydroxylation sites is 1. The zero-order valence-corrected chi connectivity index (χ0v) is 27.7. The van der Waals surface area contributed by atoms with Crippen LogP contribution in [0.1, 0.15) is 45.3 Å². The first-order valence-electron chi connectivity index (χ1n) is 16.4. The Balaban J connectivity index is 1.22. The van der Waals surface area contributed by atoms with Gasteiger partial charge in [-0.3, -0.25) is 10.1 Å². The Kier molecular flexibility index (Phi) is 9.53. The van der Waals surface area contributed by atoms with Crippen molar-refractivity contribution < 1.29 is 28.8 Å². The first kappa shape index (κ1) is 32.9. The number of hydrogen-bond acceptors (Lipinski definition) is 8. The van der Waals surface area contributed by atoms with Gasteiger partial charge >= 0.3 is 0 Å². The van der Waals surface area contributed by atoms with E-state index in [0.717, 1.165) is 33.6 Å². The number of aliphatic hydroxyl groups is 1. The van der Waals surface area contributed by atoms with Crippen LogP contribution in [-0.4, -0.2) is 54.0 Å². The van der Waals surface area contributed by atoms with Gasteiger partial charge in [-0.25, -0.2) is 9.97 Å². The molecule has 5 aromatic carbocycles. The van der Waals surface area contributed by atoms with Gasteiger partial charge in [-0.05, 0) is 59.2 Å². The number of nitrogens with zero attached hydrogens (tertiary/aromatic N) is 2. The molecule has 0 spiro atoms. The van der Waals surface area contributed by atoms with E-state index in [1.54, 1.807) is 38.5 Å². The SMILES string of the molecule is COc1ccc(C(OC[C@H]2O[C@@H](c3nc(NC(=O)c4ccccc4)nc4ccccc34)C[C@@H]2O)(c2ccccc2)c2ccc(OC)cc2)cc1. The number of nitrogens with one attached hydrogen (secondary N) is 1. The highest BCUT2D eigenvalue weighted by Crippen LogP contribution is 2.43. The average Bonchev–Trinajstić information content (AvgIpc) is 3.55. The molecule has 1 aliphatic rings. The lowest BCUT2D eigenvalue weighted by molar-refractivity contribution is -0.0830. The summed E-state index contributed by atoms with van der Waals surface area (Å²) >= 11 is 0. The number of amides is 1. The number of rotatable bonds is 11. The summed E-state index contributed by atoms with van der Waals surface area (Å²) in [5.74, 6) is 1.28. The molecule has 252 valence electrons. The molecule has 7 rings (SSSR count). The van der Waals surface area contributed by atoms with Gasteiger partial charge in [0, 0.05) is 17.4 Å². The van der Waals surface area contributed by atoms with Crippen molar-refractivity contribution in [1.29, 1.82) is 0 Å².